The predicted molar refractivity (Wildman–Crippen MR) is 116 cm³/mol. The molecule has 2 aromatic heterocycles. The fourth-order valence-electron chi connectivity index (χ4n) is 3.50. The van der Waals surface area contributed by atoms with Gasteiger partial charge in [0.1, 0.15) is 22.7 Å². The summed E-state index contributed by atoms with van der Waals surface area (Å²) in [5.74, 6) is 1.85. The van der Waals surface area contributed by atoms with Gasteiger partial charge in [-0.05, 0) is 61.9 Å². The Labute approximate surface area is 170 Å². The fraction of sp³-hybridized carbons (Fsp3) is 0.429. The molecular formula is C21H26ClN3OS. The highest BCUT2D eigenvalue weighted by Crippen LogP contribution is 2.38. The SMILES string of the molecule is CCCCCOc1ccc(Nc2ncnc3sc4c(c23)CCCC4)cc1.Cl. The molecule has 0 atom stereocenters. The normalized spacial score (nSPS) is 13.1. The molecule has 4 nitrogen and oxygen atoms in total. The van der Waals surface area contributed by atoms with E-state index in [-0.39, 0.29) is 12.4 Å². The zero-order chi connectivity index (χ0) is 17.8. The smallest absolute Gasteiger partial charge is 0.142 e. The van der Waals surface area contributed by atoms with Gasteiger partial charge in [0.25, 0.3) is 0 Å². The first-order chi connectivity index (χ1) is 12.8. The molecule has 2 heterocycles. The maximum absolute atomic E-state index is 5.79. The van der Waals surface area contributed by atoms with E-state index >= 15 is 0 Å². The van der Waals surface area contributed by atoms with Gasteiger partial charge in [0.05, 0.1) is 12.0 Å². The summed E-state index contributed by atoms with van der Waals surface area (Å²) in [4.78, 5) is 11.6. The number of thiophene rings is 1. The maximum atomic E-state index is 5.79. The van der Waals surface area contributed by atoms with E-state index in [1.807, 2.05) is 23.5 Å². The van der Waals surface area contributed by atoms with Crippen molar-refractivity contribution >= 4 is 45.5 Å². The molecule has 0 bridgehead atoms. The molecule has 0 fully saturated rings. The highest BCUT2D eigenvalue weighted by atomic mass is 35.5. The van der Waals surface area contributed by atoms with Gasteiger partial charge < -0.3 is 10.1 Å². The molecular weight excluding hydrogens is 378 g/mol. The maximum Gasteiger partial charge on any atom is 0.142 e. The molecule has 27 heavy (non-hydrogen) atoms. The summed E-state index contributed by atoms with van der Waals surface area (Å²) in [6.45, 7) is 2.99. The number of halogens is 1. The number of anilines is 2. The van der Waals surface area contributed by atoms with E-state index < -0.39 is 0 Å². The second-order valence-electron chi connectivity index (χ2n) is 6.82. The van der Waals surface area contributed by atoms with Crippen molar-refractivity contribution in [2.75, 3.05) is 11.9 Å². The molecule has 1 aromatic carbocycles. The van der Waals surface area contributed by atoms with Crippen molar-refractivity contribution in [3.8, 4) is 5.75 Å². The molecule has 0 saturated carbocycles. The van der Waals surface area contributed by atoms with E-state index in [1.54, 1.807) is 6.33 Å². The Hall–Kier alpha value is -1.85. The number of rotatable bonds is 7. The van der Waals surface area contributed by atoms with Crippen molar-refractivity contribution in [3.05, 3.63) is 41.0 Å². The van der Waals surface area contributed by atoms with E-state index in [9.17, 15) is 0 Å². The molecule has 4 rings (SSSR count). The van der Waals surface area contributed by atoms with Crippen LogP contribution in [0.3, 0.4) is 0 Å². The Kier molecular flexibility index (Phi) is 6.91. The van der Waals surface area contributed by atoms with Crippen molar-refractivity contribution in [1.82, 2.24) is 9.97 Å². The van der Waals surface area contributed by atoms with Gasteiger partial charge in [-0.1, -0.05) is 19.8 Å². The molecule has 1 N–H and O–H groups in total. The minimum absolute atomic E-state index is 0. The highest BCUT2D eigenvalue weighted by Gasteiger charge is 2.19. The van der Waals surface area contributed by atoms with Crippen LogP contribution in [0.15, 0.2) is 30.6 Å². The first-order valence-electron chi connectivity index (χ1n) is 9.60. The van der Waals surface area contributed by atoms with Gasteiger partial charge in [0, 0.05) is 10.6 Å². The van der Waals surface area contributed by atoms with Crippen LogP contribution in [0.1, 0.15) is 49.5 Å². The van der Waals surface area contributed by atoms with Crippen LogP contribution in [0.4, 0.5) is 11.5 Å². The van der Waals surface area contributed by atoms with Gasteiger partial charge in [-0.2, -0.15) is 0 Å². The van der Waals surface area contributed by atoms with Crippen LogP contribution >= 0.6 is 23.7 Å². The number of hydrogen-bond donors (Lipinski definition) is 1. The topological polar surface area (TPSA) is 47.0 Å². The van der Waals surface area contributed by atoms with Gasteiger partial charge in [0.2, 0.25) is 0 Å². The second-order valence-corrected chi connectivity index (χ2v) is 7.90. The molecule has 144 valence electrons. The summed E-state index contributed by atoms with van der Waals surface area (Å²) in [5, 5.41) is 4.70. The van der Waals surface area contributed by atoms with Crippen LogP contribution in [0.5, 0.6) is 5.75 Å². The van der Waals surface area contributed by atoms with E-state index in [1.165, 1.54) is 47.9 Å². The van der Waals surface area contributed by atoms with E-state index in [4.69, 9.17) is 4.74 Å². The quantitative estimate of drug-likeness (QED) is 0.470. The fourth-order valence-corrected chi connectivity index (χ4v) is 4.73. The van der Waals surface area contributed by atoms with Crippen LogP contribution < -0.4 is 10.1 Å². The van der Waals surface area contributed by atoms with Gasteiger partial charge in [-0.3, -0.25) is 0 Å². The number of ether oxygens (including phenoxy) is 1. The second kappa shape index (κ2) is 9.38. The molecule has 0 radical (unpaired) electrons. The van der Waals surface area contributed by atoms with Crippen LogP contribution in [-0.2, 0) is 12.8 Å². The highest BCUT2D eigenvalue weighted by molar-refractivity contribution is 7.19. The summed E-state index contributed by atoms with van der Waals surface area (Å²) in [6, 6.07) is 8.16. The van der Waals surface area contributed by atoms with Crippen molar-refractivity contribution in [1.29, 1.82) is 0 Å². The number of nitrogens with one attached hydrogen (secondary N) is 1. The zero-order valence-electron chi connectivity index (χ0n) is 15.7. The minimum atomic E-state index is 0. The Balaban J connectivity index is 0.00000210. The number of aromatic nitrogens is 2. The molecule has 0 amide bonds. The summed E-state index contributed by atoms with van der Waals surface area (Å²) in [5.41, 5.74) is 2.48. The Morgan fingerprint density at radius 2 is 1.89 bits per heavy atom. The zero-order valence-corrected chi connectivity index (χ0v) is 17.3. The Morgan fingerprint density at radius 1 is 1.07 bits per heavy atom. The Bertz CT molecular complexity index is 879. The van der Waals surface area contributed by atoms with Crippen LogP contribution in [-0.4, -0.2) is 16.6 Å². The van der Waals surface area contributed by atoms with E-state index in [2.05, 4.69) is 34.3 Å². The van der Waals surface area contributed by atoms with E-state index in [0.717, 1.165) is 41.5 Å². The summed E-state index contributed by atoms with van der Waals surface area (Å²) in [6.07, 6.45) is 10.1. The minimum Gasteiger partial charge on any atom is -0.494 e. The summed E-state index contributed by atoms with van der Waals surface area (Å²) < 4.78 is 5.79. The predicted octanol–water partition coefficient (Wildman–Crippen LogP) is 6.30. The van der Waals surface area contributed by atoms with Crippen LogP contribution in [0.25, 0.3) is 10.2 Å². The Morgan fingerprint density at radius 3 is 2.70 bits per heavy atom. The standard InChI is InChI=1S/C21H25N3OS.ClH/c1-2-3-6-13-25-16-11-9-15(10-12-16)24-20-19-17-7-4-5-8-18(17)26-21(19)23-14-22-20;/h9-12,14H,2-8,13H2,1H3,(H,22,23,24);1H. The molecule has 0 spiro atoms. The largest absolute Gasteiger partial charge is 0.494 e. The van der Waals surface area contributed by atoms with Crippen LogP contribution in [0.2, 0.25) is 0 Å². The molecule has 1 aliphatic carbocycles. The summed E-state index contributed by atoms with van der Waals surface area (Å²) in [7, 11) is 0. The van der Waals surface area contributed by atoms with Crippen molar-refractivity contribution in [2.45, 2.75) is 51.9 Å². The third kappa shape index (κ3) is 4.53. The monoisotopic (exact) mass is 403 g/mol. The molecule has 3 aromatic rings. The number of unbranched alkanes of at least 4 members (excludes halogenated alkanes) is 2. The van der Waals surface area contributed by atoms with Crippen molar-refractivity contribution in [3.63, 3.8) is 0 Å². The van der Waals surface area contributed by atoms with Crippen LogP contribution in [0, 0.1) is 0 Å². The third-order valence-corrected chi connectivity index (χ3v) is 6.08. The van der Waals surface area contributed by atoms with Crippen molar-refractivity contribution < 1.29 is 4.74 Å². The number of hydrogen-bond acceptors (Lipinski definition) is 5. The third-order valence-electron chi connectivity index (χ3n) is 4.89. The van der Waals surface area contributed by atoms with Gasteiger partial charge in [-0.15, -0.1) is 23.7 Å². The average Bonchev–Trinajstić information content (AvgIpc) is 3.06. The average molecular weight is 404 g/mol. The lowest BCUT2D eigenvalue weighted by molar-refractivity contribution is 0.306. The first kappa shape index (κ1) is 19.9. The molecule has 6 heteroatoms. The lowest BCUT2D eigenvalue weighted by atomic mass is 9.97. The number of nitrogens with zero attached hydrogens (tertiary/aromatic N) is 2. The van der Waals surface area contributed by atoms with Gasteiger partial charge >= 0.3 is 0 Å². The number of aryl methyl sites for hydroxylation is 2. The molecule has 0 aliphatic heterocycles. The number of fused-ring (bicyclic) bond motifs is 3. The van der Waals surface area contributed by atoms with E-state index in [0.29, 0.717) is 0 Å². The first-order valence-corrected chi connectivity index (χ1v) is 10.4. The van der Waals surface area contributed by atoms with Gasteiger partial charge in [-0.25, -0.2) is 9.97 Å². The number of benzene rings is 1. The molecule has 0 saturated heterocycles. The summed E-state index contributed by atoms with van der Waals surface area (Å²) >= 11 is 1.83. The van der Waals surface area contributed by atoms with Crippen molar-refractivity contribution in [2.24, 2.45) is 0 Å². The lowest BCUT2D eigenvalue weighted by Crippen LogP contribution is -2.01. The molecule has 0 unspecified atom stereocenters. The molecule has 1 aliphatic rings. The lowest BCUT2D eigenvalue weighted by Gasteiger charge is -2.13. The van der Waals surface area contributed by atoms with Gasteiger partial charge in [0.15, 0.2) is 0 Å².